The summed E-state index contributed by atoms with van der Waals surface area (Å²) in [6.07, 6.45) is 14.7. The molecule has 1 aliphatic rings. The van der Waals surface area contributed by atoms with Gasteiger partial charge in [0.1, 0.15) is 0 Å². The number of ether oxygens (including phenoxy) is 3. The third-order valence-electron chi connectivity index (χ3n) is 7.12. The van der Waals surface area contributed by atoms with Crippen LogP contribution in [-0.4, -0.2) is 61.6 Å². The normalized spacial score (nSPS) is 19.1. The first-order valence-electron chi connectivity index (χ1n) is 14.7. The van der Waals surface area contributed by atoms with Crippen molar-refractivity contribution in [3.05, 3.63) is 24.3 Å². The third kappa shape index (κ3) is 11.5. The molecular weight excluding hydrogens is 436 g/mol. The van der Waals surface area contributed by atoms with E-state index in [4.69, 9.17) is 14.2 Å². The van der Waals surface area contributed by atoms with Gasteiger partial charge in [0.25, 0.3) is 0 Å². The lowest BCUT2D eigenvalue weighted by atomic mass is 10.1. The number of unbranched alkanes of at least 4 members (excludes halogenated alkanes) is 8. The Bertz CT molecular complexity index is 589. The topological polar surface area (TPSA) is 34.2 Å². The lowest BCUT2D eigenvalue weighted by molar-refractivity contribution is -0.00846. The molecular formula is C30H54N2O3. The molecule has 0 aliphatic carbocycles. The van der Waals surface area contributed by atoms with Crippen LogP contribution in [0.4, 0.5) is 0 Å². The van der Waals surface area contributed by atoms with Crippen molar-refractivity contribution in [3.63, 3.8) is 0 Å². The maximum atomic E-state index is 6.65. The molecule has 0 radical (unpaired) electrons. The maximum absolute atomic E-state index is 6.65. The Hall–Kier alpha value is -1.30. The molecule has 0 saturated heterocycles. The van der Waals surface area contributed by atoms with E-state index < -0.39 is 0 Å². The molecule has 0 aromatic heterocycles. The van der Waals surface area contributed by atoms with Crippen LogP contribution in [0.25, 0.3) is 0 Å². The van der Waals surface area contributed by atoms with Crippen molar-refractivity contribution in [3.8, 4) is 11.5 Å². The molecule has 35 heavy (non-hydrogen) atoms. The molecule has 202 valence electrons. The quantitative estimate of drug-likeness (QED) is 0.224. The first kappa shape index (κ1) is 29.9. The Labute approximate surface area is 216 Å². The van der Waals surface area contributed by atoms with Gasteiger partial charge in [-0.3, -0.25) is 9.80 Å². The van der Waals surface area contributed by atoms with Gasteiger partial charge in [0.05, 0.1) is 13.2 Å². The largest absolute Gasteiger partial charge is 0.471 e. The van der Waals surface area contributed by atoms with Gasteiger partial charge >= 0.3 is 0 Å². The molecule has 1 aromatic carbocycles. The van der Waals surface area contributed by atoms with Crippen LogP contribution in [0.3, 0.4) is 0 Å². The van der Waals surface area contributed by atoms with Gasteiger partial charge in [0.15, 0.2) is 24.0 Å². The molecule has 0 fully saturated rings. The van der Waals surface area contributed by atoms with Crippen LogP contribution in [0.2, 0.25) is 0 Å². The molecule has 1 aromatic rings. The molecule has 0 saturated carbocycles. The minimum absolute atomic E-state index is 0.00770. The van der Waals surface area contributed by atoms with Gasteiger partial charge in [-0.2, -0.15) is 0 Å². The second-order valence-corrected chi connectivity index (χ2v) is 9.87. The number of benzene rings is 1. The zero-order chi connectivity index (χ0) is 25.1. The summed E-state index contributed by atoms with van der Waals surface area (Å²) >= 11 is 0. The van der Waals surface area contributed by atoms with E-state index in [0.29, 0.717) is 0 Å². The molecule has 1 aliphatic heterocycles. The van der Waals surface area contributed by atoms with Gasteiger partial charge < -0.3 is 14.2 Å². The molecule has 5 heteroatoms. The average Bonchev–Trinajstić information content (AvgIpc) is 2.92. The molecule has 0 amide bonds. The van der Waals surface area contributed by atoms with E-state index >= 15 is 0 Å². The second-order valence-electron chi connectivity index (χ2n) is 9.87. The summed E-state index contributed by atoms with van der Waals surface area (Å²) in [5.74, 6) is 1.71. The summed E-state index contributed by atoms with van der Waals surface area (Å²) < 4.78 is 19.4. The van der Waals surface area contributed by atoms with Crippen molar-refractivity contribution in [1.29, 1.82) is 0 Å². The van der Waals surface area contributed by atoms with Gasteiger partial charge in [-0.1, -0.05) is 91.2 Å². The van der Waals surface area contributed by atoms with Crippen LogP contribution in [0, 0.1) is 0 Å². The summed E-state index contributed by atoms with van der Waals surface area (Å²) in [6, 6.07) is 8.23. The Morgan fingerprint density at radius 3 is 1.46 bits per heavy atom. The number of fused-ring (bicyclic) bond motifs is 1. The smallest absolute Gasteiger partial charge is 0.163 e. The summed E-state index contributed by atoms with van der Waals surface area (Å²) in [6.45, 7) is 14.5. The van der Waals surface area contributed by atoms with Crippen molar-refractivity contribution < 1.29 is 14.2 Å². The molecule has 0 N–H and O–H groups in total. The number of para-hydroxylation sites is 2. The van der Waals surface area contributed by atoms with E-state index in [2.05, 4.69) is 61.8 Å². The highest BCUT2D eigenvalue weighted by Crippen LogP contribution is 2.31. The fourth-order valence-electron chi connectivity index (χ4n) is 4.89. The molecule has 2 rings (SSSR count). The van der Waals surface area contributed by atoms with Crippen LogP contribution >= 0.6 is 0 Å². The predicted octanol–water partition coefficient (Wildman–Crippen LogP) is 7.49. The second kappa shape index (κ2) is 18.9. The number of nitrogens with zero attached hydrogens (tertiary/aromatic N) is 2. The lowest BCUT2D eigenvalue weighted by Crippen LogP contribution is -2.41. The van der Waals surface area contributed by atoms with Crippen LogP contribution in [0.5, 0.6) is 11.5 Å². The fourth-order valence-corrected chi connectivity index (χ4v) is 4.89. The van der Waals surface area contributed by atoms with Gasteiger partial charge in [-0.25, -0.2) is 0 Å². The van der Waals surface area contributed by atoms with E-state index in [1.807, 2.05) is 0 Å². The molecule has 0 bridgehead atoms. The van der Waals surface area contributed by atoms with E-state index in [0.717, 1.165) is 63.7 Å². The Morgan fingerprint density at radius 2 is 1.06 bits per heavy atom. The van der Waals surface area contributed by atoms with Crippen LogP contribution < -0.4 is 9.47 Å². The van der Waals surface area contributed by atoms with Gasteiger partial charge in [-0.05, 0) is 38.1 Å². The summed E-state index contributed by atoms with van der Waals surface area (Å²) in [4.78, 5) is 4.94. The summed E-state index contributed by atoms with van der Waals surface area (Å²) in [7, 11) is 0. The zero-order valence-corrected chi connectivity index (χ0v) is 23.3. The van der Waals surface area contributed by atoms with Gasteiger partial charge in [0, 0.05) is 25.9 Å². The number of rotatable bonds is 16. The van der Waals surface area contributed by atoms with Crippen molar-refractivity contribution in [2.24, 2.45) is 0 Å². The van der Waals surface area contributed by atoms with E-state index in [1.54, 1.807) is 0 Å². The predicted molar refractivity (Wildman–Crippen MR) is 147 cm³/mol. The van der Waals surface area contributed by atoms with E-state index in [1.165, 1.54) is 64.2 Å². The molecule has 0 spiro atoms. The first-order valence-corrected chi connectivity index (χ1v) is 14.7. The van der Waals surface area contributed by atoms with Crippen molar-refractivity contribution in [2.45, 2.75) is 117 Å². The van der Waals surface area contributed by atoms with Crippen molar-refractivity contribution in [2.75, 3.05) is 39.4 Å². The van der Waals surface area contributed by atoms with Crippen LogP contribution in [0.15, 0.2) is 24.3 Å². The molecule has 2 atom stereocenters. The highest BCUT2D eigenvalue weighted by atomic mass is 16.6. The number of hydrogen-bond donors (Lipinski definition) is 0. The molecule has 5 nitrogen and oxygen atoms in total. The average molecular weight is 491 g/mol. The number of hydrogen-bond acceptors (Lipinski definition) is 5. The van der Waals surface area contributed by atoms with Crippen molar-refractivity contribution >= 4 is 0 Å². The van der Waals surface area contributed by atoms with E-state index in [-0.39, 0.29) is 12.5 Å². The Balaban J connectivity index is 2.07. The van der Waals surface area contributed by atoms with E-state index in [9.17, 15) is 0 Å². The monoisotopic (exact) mass is 490 g/mol. The van der Waals surface area contributed by atoms with Gasteiger partial charge in [-0.15, -0.1) is 0 Å². The maximum Gasteiger partial charge on any atom is 0.163 e. The highest BCUT2D eigenvalue weighted by Gasteiger charge is 2.25. The fraction of sp³-hybridized carbons (Fsp3) is 0.800. The Kier molecular flexibility index (Phi) is 16.2. The zero-order valence-electron chi connectivity index (χ0n) is 23.3. The highest BCUT2D eigenvalue weighted by molar-refractivity contribution is 5.39. The SMILES string of the molecule is CCCCCCCN(CC)C1CCOCCC(N(CC)CCCCCCC)Oc2ccccc2O1. The van der Waals surface area contributed by atoms with Crippen molar-refractivity contribution in [1.82, 2.24) is 9.80 Å². The Morgan fingerprint density at radius 1 is 0.629 bits per heavy atom. The standard InChI is InChI=1S/C30H54N2O3/c1-5-9-11-13-17-23-31(7-3)29-21-25-33-26-22-30(32(8-4)24-18-14-12-10-6-2)35-28-20-16-15-19-27(28)34-29/h15-16,19-20,29-30H,5-14,17-18,21-26H2,1-4H3. The van der Waals surface area contributed by atoms with Crippen LogP contribution in [-0.2, 0) is 4.74 Å². The minimum Gasteiger partial charge on any atom is -0.471 e. The molecule has 1 heterocycles. The third-order valence-corrected chi connectivity index (χ3v) is 7.12. The summed E-state index contributed by atoms with van der Waals surface area (Å²) in [5, 5.41) is 0. The van der Waals surface area contributed by atoms with Gasteiger partial charge in [0.2, 0.25) is 0 Å². The van der Waals surface area contributed by atoms with Crippen LogP contribution in [0.1, 0.15) is 105 Å². The summed E-state index contributed by atoms with van der Waals surface area (Å²) in [5.41, 5.74) is 0. The minimum atomic E-state index is 0.00770. The molecule has 2 unspecified atom stereocenters. The first-order chi connectivity index (χ1) is 17.2. The lowest BCUT2D eigenvalue weighted by Gasteiger charge is -2.33.